The van der Waals surface area contributed by atoms with Gasteiger partial charge in [0.05, 0.1) is 38.1 Å². The average Bonchev–Trinajstić information content (AvgIpc) is 2.91. The number of ether oxygens (including phenoxy) is 2. The summed E-state index contributed by atoms with van der Waals surface area (Å²) in [6.07, 6.45) is 0.907. The molecule has 8 nitrogen and oxygen atoms in total. The zero-order chi connectivity index (χ0) is 16.4. The van der Waals surface area contributed by atoms with Crippen molar-refractivity contribution in [2.24, 2.45) is 5.41 Å². The van der Waals surface area contributed by atoms with Gasteiger partial charge >= 0.3 is 11.7 Å². The van der Waals surface area contributed by atoms with Crippen LogP contribution >= 0.6 is 0 Å². The van der Waals surface area contributed by atoms with Gasteiger partial charge in [0.2, 0.25) is 0 Å². The van der Waals surface area contributed by atoms with Crippen molar-refractivity contribution in [2.75, 3.05) is 20.3 Å². The van der Waals surface area contributed by atoms with Gasteiger partial charge in [0, 0.05) is 5.41 Å². The highest BCUT2D eigenvalue weighted by Gasteiger charge is 2.38. The molecule has 0 unspecified atom stereocenters. The highest BCUT2D eigenvalue weighted by molar-refractivity contribution is 5.89. The monoisotopic (exact) mass is 318 g/mol. The molecule has 1 aliphatic heterocycles. The Morgan fingerprint density at radius 1 is 1.39 bits per heavy atom. The van der Waals surface area contributed by atoms with Crippen LogP contribution in [0.15, 0.2) is 29.1 Å². The van der Waals surface area contributed by atoms with Crippen LogP contribution in [0.25, 0.3) is 5.69 Å². The van der Waals surface area contributed by atoms with Crippen molar-refractivity contribution in [2.45, 2.75) is 19.9 Å². The summed E-state index contributed by atoms with van der Waals surface area (Å²) in [5.74, 6) is -0.469. The van der Waals surface area contributed by atoms with E-state index < -0.39 is 5.97 Å². The molecule has 0 atom stereocenters. The van der Waals surface area contributed by atoms with Gasteiger partial charge in [0.15, 0.2) is 0 Å². The first kappa shape index (κ1) is 15.4. The lowest BCUT2D eigenvalue weighted by Crippen LogP contribution is -2.47. The van der Waals surface area contributed by atoms with Gasteiger partial charge < -0.3 is 9.47 Å². The van der Waals surface area contributed by atoms with Crippen molar-refractivity contribution in [1.82, 2.24) is 19.8 Å². The van der Waals surface area contributed by atoms with Gasteiger partial charge in [-0.3, -0.25) is 0 Å². The Balaban J connectivity index is 1.90. The topological polar surface area (TPSA) is 88.2 Å². The van der Waals surface area contributed by atoms with E-state index in [4.69, 9.17) is 4.74 Å². The Morgan fingerprint density at radius 3 is 2.78 bits per heavy atom. The molecule has 3 rings (SSSR count). The maximum absolute atomic E-state index is 12.5. The average molecular weight is 318 g/mol. The fourth-order valence-electron chi connectivity index (χ4n) is 2.53. The number of methoxy groups -OCH3 is 1. The zero-order valence-corrected chi connectivity index (χ0v) is 13.1. The first-order valence-corrected chi connectivity index (χ1v) is 7.38. The quantitative estimate of drug-likeness (QED) is 0.752. The summed E-state index contributed by atoms with van der Waals surface area (Å²) in [7, 11) is 1.31. The molecule has 8 heteroatoms. The summed E-state index contributed by atoms with van der Waals surface area (Å²) in [4.78, 5) is 24.1. The molecular weight excluding hydrogens is 300 g/mol. The molecule has 1 saturated heterocycles. The number of rotatable bonds is 5. The maximum Gasteiger partial charge on any atom is 0.368 e. The van der Waals surface area contributed by atoms with Crippen molar-refractivity contribution in [1.29, 1.82) is 0 Å². The molecule has 0 bridgehead atoms. The van der Waals surface area contributed by atoms with E-state index in [0.717, 1.165) is 6.42 Å². The molecule has 0 aliphatic carbocycles. The zero-order valence-electron chi connectivity index (χ0n) is 13.1. The van der Waals surface area contributed by atoms with Crippen LogP contribution < -0.4 is 5.69 Å². The number of esters is 1. The van der Waals surface area contributed by atoms with Crippen molar-refractivity contribution in [3.05, 3.63) is 40.3 Å². The van der Waals surface area contributed by atoms with Crippen LogP contribution in [-0.4, -0.2) is 46.1 Å². The third kappa shape index (κ3) is 2.77. The van der Waals surface area contributed by atoms with E-state index in [9.17, 15) is 9.59 Å². The van der Waals surface area contributed by atoms with Crippen LogP contribution in [0, 0.1) is 5.41 Å². The molecule has 0 saturated carbocycles. The van der Waals surface area contributed by atoms with Crippen molar-refractivity contribution in [3.63, 3.8) is 0 Å². The van der Waals surface area contributed by atoms with Gasteiger partial charge in [-0.1, -0.05) is 13.0 Å². The van der Waals surface area contributed by atoms with Crippen LogP contribution in [0.3, 0.4) is 0 Å². The molecule has 0 amide bonds. The SMILES string of the molecule is CCC1(Cn2nnn(-c3cccc(C(=O)OC)c3)c2=O)COC1. The molecular formula is C15H18N4O4. The smallest absolute Gasteiger partial charge is 0.368 e. The van der Waals surface area contributed by atoms with Crippen molar-refractivity contribution >= 4 is 5.97 Å². The van der Waals surface area contributed by atoms with Gasteiger partial charge in [-0.25, -0.2) is 9.59 Å². The standard InChI is InChI=1S/C15H18N4O4/c1-3-15(9-23-10-15)8-18-14(21)19(17-16-18)12-6-4-5-11(7-12)13(20)22-2/h4-7H,3,8-10H2,1-2H3. The van der Waals surface area contributed by atoms with Crippen LogP contribution in [0.5, 0.6) is 0 Å². The number of nitrogens with zero attached hydrogens (tertiary/aromatic N) is 4. The lowest BCUT2D eigenvalue weighted by molar-refractivity contribution is -0.125. The maximum atomic E-state index is 12.5. The molecule has 1 aliphatic rings. The first-order chi connectivity index (χ1) is 11.1. The molecule has 1 aromatic heterocycles. The number of benzene rings is 1. The fraction of sp³-hybridized carbons (Fsp3) is 0.467. The second kappa shape index (κ2) is 5.96. The molecule has 2 aromatic rings. The lowest BCUT2D eigenvalue weighted by atomic mass is 9.83. The second-order valence-electron chi connectivity index (χ2n) is 5.72. The largest absolute Gasteiger partial charge is 0.465 e. The molecule has 1 fully saturated rings. The number of hydrogen-bond donors (Lipinski definition) is 0. The number of tetrazole rings is 1. The third-order valence-electron chi connectivity index (χ3n) is 4.20. The molecule has 2 heterocycles. The van der Waals surface area contributed by atoms with E-state index in [0.29, 0.717) is 31.0 Å². The van der Waals surface area contributed by atoms with Crippen molar-refractivity contribution in [3.8, 4) is 5.69 Å². The Labute approximate surface area is 132 Å². The first-order valence-electron chi connectivity index (χ1n) is 7.38. The van der Waals surface area contributed by atoms with E-state index in [1.165, 1.54) is 16.5 Å². The highest BCUT2D eigenvalue weighted by atomic mass is 16.5. The van der Waals surface area contributed by atoms with Crippen LogP contribution in [0.2, 0.25) is 0 Å². The molecule has 1 aromatic carbocycles. The summed E-state index contributed by atoms with van der Waals surface area (Å²) in [6, 6.07) is 6.52. The van der Waals surface area contributed by atoms with Gasteiger partial charge in [-0.05, 0) is 35.0 Å². The number of hydrogen-bond acceptors (Lipinski definition) is 6. The Morgan fingerprint density at radius 2 is 2.17 bits per heavy atom. The summed E-state index contributed by atoms with van der Waals surface area (Å²) in [5.41, 5.74) is 0.439. The van der Waals surface area contributed by atoms with Crippen LogP contribution in [0.1, 0.15) is 23.7 Å². The number of carbonyl (C=O) groups excluding carboxylic acids is 1. The van der Waals surface area contributed by atoms with E-state index in [-0.39, 0.29) is 11.1 Å². The van der Waals surface area contributed by atoms with Gasteiger partial charge in [0.1, 0.15) is 0 Å². The minimum Gasteiger partial charge on any atom is -0.465 e. The van der Waals surface area contributed by atoms with Gasteiger partial charge in [-0.15, -0.1) is 0 Å². The number of aromatic nitrogens is 4. The Kier molecular flexibility index (Phi) is 3.99. The molecule has 0 N–H and O–H groups in total. The van der Waals surface area contributed by atoms with Gasteiger partial charge in [0.25, 0.3) is 0 Å². The summed E-state index contributed by atoms with van der Waals surface area (Å²) < 4.78 is 12.5. The van der Waals surface area contributed by atoms with E-state index >= 15 is 0 Å². The molecule has 0 radical (unpaired) electrons. The highest BCUT2D eigenvalue weighted by Crippen LogP contribution is 2.32. The molecule has 122 valence electrons. The van der Waals surface area contributed by atoms with Gasteiger partial charge in [-0.2, -0.15) is 9.36 Å². The number of carbonyl (C=O) groups is 1. The van der Waals surface area contributed by atoms with Crippen molar-refractivity contribution < 1.29 is 14.3 Å². The summed E-state index contributed by atoms with van der Waals surface area (Å²) in [6.45, 7) is 3.79. The Bertz CT molecular complexity index is 770. The molecule has 23 heavy (non-hydrogen) atoms. The van der Waals surface area contributed by atoms with E-state index in [2.05, 4.69) is 22.1 Å². The minimum atomic E-state index is -0.469. The third-order valence-corrected chi connectivity index (χ3v) is 4.20. The predicted molar refractivity (Wildman–Crippen MR) is 80.5 cm³/mol. The summed E-state index contributed by atoms with van der Waals surface area (Å²) in [5, 5.41) is 7.86. The van der Waals surface area contributed by atoms with Crippen LogP contribution in [0.4, 0.5) is 0 Å². The minimum absolute atomic E-state index is 0.0431. The normalized spacial score (nSPS) is 15.9. The second-order valence-corrected chi connectivity index (χ2v) is 5.72. The lowest BCUT2D eigenvalue weighted by Gasteiger charge is -2.40. The van der Waals surface area contributed by atoms with E-state index in [1.807, 2.05) is 0 Å². The summed E-state index contributed by atoms with van der Waals surface area (Å²) >= 11 is 0. The predicted octanol–water partition coefficient (Wildman–Crippen LogP) is 0.642. The van der Waals surface area contributed by atoms with E-state index in [1.54, 1.807) is 24.3 Å². The van der Waals surface area contributed by atoms with Crippen LogP contribution in [-0.2, 0) is 16.0 Å². The molecule has 0 spiro atoms. The Hall–Kier alpha value is -2.48. The fourth-order valence-corrected chi connectivity index (χ4v) is 2.53.